The van der Waals surface area contributed by atoms with Crippen molar-refractivity contribution >= 4 is 7.85 Å². The molecular weight excluding hydrogens is 171 g/mol. The minimum absolute atomic E-state index is 0.101. The van der Waals surface area contributed by atoms with Crippen LogP contribution in [0.4, 0.5) is 0 Å². The molecule has 0 radical (unpaired) electrons. The number of hydrogen-bond donors (Lipinski definition) is 2. The third-order valence-corrected chi connectivity index (χ3v) is 2.27. The van der Waals surface area contributed by atoms with Gasteiger partial charge in [0.15, 0.2) is 0 Å². The van der Waals surface area contributed by atoms with E-state index in [-0.39, 0.29) is 24.8 Å². The van der Waals surface area contributed by atoms with Crippen LogP contribution in [0.1, 0.15) is 13.3 Å². The zero-order valence-corrected chi connectivity index (χ0v) is 8.14. The predicted molar refractivity (Wildman–Crippen MR) is 50.3 cm³/mol. The van der Waals surface area contributed by atoms with Crippen molar-refractivity contribution in [1.29, 1.82) is 0 Å². The van der Waals surface area contributed by atoms with Gasteiger partial charge in [0.25, 0.3) is 0 Å². The van der Waals surface area contributed by atoms with Crippen molar-refractivity contribution in [3.63, 3.8) is 0 Å². The smallest absolute Gasteiger partial charge is 0.142 e. The first kappa shape index (κ1) is 11.0. The van der Waals surface area contributed by atoms with Crippen LogP contribution in [-0.4, -0.2) is 55.6 Å². The van der Waals surface area contributed by atoms with Gasteiger partial charge in [0.2, 0.25) is 0 Å². The monoisotopic (exact) mass is 188 g/mol. The highest BCUT2D eigenvalue weighted by atomic mass is 16.6. The fraction of sp³-hybridized carbons (Fsp3) is 1.00. The number of aliphatic hydroxyl groups excluding tert-OH is 2. The second kappa shape index (κ2) is 4.95. The first-order valence-corrected chi connectivity index (χ1v) is 4.76. The van der Waals surface area contributed by atoms with Crippen molar-refractivity contribution in [3.8, 4) is 0 Å². The first-order chi connectivity index (χ1) is 6.20. The van der Waals surface area contributed by atoms with Crippen molar-refractivity contribution in [2.45, 2.75) is 37.7 Å². The molecule has 13 heavy (non-hydrogen) atoms. The van der Waals surface area contributed by atoms with Gasteiger partial charge in [0, 0.05) is 6.61 Å². The van der Waals surface area contributed by atoms with Gasteiger partial charge in [-0.1, -0.05) is 6.92 Å². The van der Waals surface area contributed by atoms with Crippen molar-refractivity contribution in [2.24, 2.45) is 0 Å². The minimum atomic E-state index is -0.622. The van der Waals surface area contributed by atoms with Gasteiger partial charge in [-0.2, -0.15) is 0 Å². The summed E-state index contributed by atoms with van der Waals surface area (Å²) in [4.78, 5) is 0. The van der Waals surface area contributed by atoms with Gasteiger partial charge in [-0.3, -0.25) is 0 Å². The van der Waals surface area contributed by atoms with E-state index < -0.39 is 6.10 Å². The highest BCUT2D eigenvalue weighted by Gasteiger charge is 2.41. The molecule has 1 unspecified atom stereocenters. The first-order valence-electron chi connectivity index (χ1n) is 4.76. The SMILES string of the molecule is B[C@@H]1O[C@H](CO)C(OCCC)[C@@H]1O. The van der Waals surface area contributed by atoms with E-state index in [1.807, 2.05) is 6.92 Å². The Morgan fingerprint density at radius 1 is 1.54 bits per heavy atom. The summed E-state index contributed by atoms with van der Waals surface area (Å²) in [6, 6.07) is -0.251. The van der Waals surface area contributed by atoms with E-state index in [2.05, 4.69) is 0 Å². The Balaban J connectivity index is 2.47. The molecule has 0 spiro atoms. The summed E-state index contributed by atoms with van der Waals surface area (Å²) in [7, 11) is 1.78. The second-order valence-corrected chi connectivity index (χ2v) is 3.39. The van der Waals surface area contributed by atoms with E-state index in [1.54, 1.807) is 7.85 Å². The van der Waals surface area contributed by atoms with Crippen LogP contribution in [0.5, 0.6) is 0 Å². The summed E-state index contributed by atoms with van der Waals surface area (Å²) in [5.74, 6) is 0. The fourth-order valence-electron chi connectivity index (χ4n) is 1.53. The molecule has 1 fully saturated rings. The number of rotatable bonds is 4. The molecule has 0 aromatic carbocycles. The number of hydrogen-bond acceptors (Lipinski definition) is 4. The van der Waals surface area contributed by atoms with E-state index in [0.717, 1.165) is 6.42 Å². The van der Waals surface area contributed by atoms with Gasteiger partial charge in [0.1, 0.15) is 26.2 Å². The Morgan fingerprint density at radius 2 is 2.23 bits per heavy atom. The molecule has 1 heterocycles. The largest absolute Gasteiger partial charge is 0.394 e. The van der Waals surface area contributed by atoms with Gasteiger partial charge in [-0.05, 0) is 6.42 Å². The molecule has 4 nitrogen and oxygen atoms in total. The highest BCUT2D eigenvalue weighted by Crippen LogP contribution is 2.21. The van der Waals surface area contributed by atoms with Crippen LogP contribution in [-0.2, 0) is 9.47 Å². The lowest BCUT2D eigenvalue weighted by Gasteiger charge is -2.18. The normalized spacial score (nSPS) is 39.6. The molecular formula is C8H17BO4. The maximum Gasteiger partial charge on any atom is 0.142 e. The fourth-order valence-corrected chi connectivity index (χ4v) is 1.53. The third kappa shape index (κ3) is 2.43. The molecule has 0 aromatic rings. The lowest BCUT2D eigenvalue weighted by molar-refractivity contribution is -0.0529. The molecule has 1 aliphatic heterocycles. The Hall–Kier alpha value is -0.0951. The van der Waals surface area contributed by atoms with Gasteiger partial charge >= 0.3 is 0 Å². The van der Waals surface area contributed by atoms with Crippen LogP contribution in [0, 0.1) is 0 Å². The van der Waals surface area contributed by atoms with E-state index in [0.29, 0.717) is 6.61 Å². The Morgan fingerprint density at radius 3 is 2.77 bits per heavy atom. The Bertz CT molecular complexity index is 155. The Labute approximate surface area is 79.3 Å². The molecule has 1 aliphatic rings. The zero-order chi connectivity index (χ0) is 9.84. The van der Waals surface area contributed by atoms with Crippen LogP contribution in [0.15, 0.2) is 0 Å². The predicted octanol–water partition coefficient (Wildman–Crippen LogP) is -1.51. The van der Waals surface area contributed by atoms with Crippen LogP contribution in [0.3, 0.4) is 0 Å². The van der Waals surface area contributed by atoms with Crippen molar-refractivity contribution < 1.29 is 19.7 Å². The van der Waals surface area contributed by atoms with Crippen molar-refractivity contribution in [1.82, 2.24) is 0 Å². The van der Waals surface area contributed by atoms with Gasteiger partial charge < -0.3 is 19.7 Å². The highest BCUT2D eigenvalue weighted by molar-refractivity contribution is 6.11. The number of ether oxygens (including phenoxy) is 2. The standard InChI is InChI=1S/C8H17BO4/c1-2-3-12-7-5(4-10)13-8(9)6(7)11/h5-8,10-11H,2-4,9H2,1H3/t5-,6+,7?,8-/m1/s1. The molecule has 1 saturated heterocycles. The van der Waals surface area contributed by atoms with E-state index >= 15 is 0 Å². The summed E-state index contributed by atoms with van der Waals surface area (Å²) in [5, 5.41) is 18.6. The van der Waals surface area contributed by atoms with Crippen LogP contribution in [0.2, 0.25) is 0 Å². The lowest BCUT2D eigenvalue weighted by atomic mass is 9.93. The molecule has 4 atom stereocenters. The summed E-state index contributed by atoms with van der Waals surface area (Å²) in [6.45, 7) is 2.49. The Kier molecular flexibility index (Phi) is 4.19. The molecule has 2 N–H and O–H groups in total. The lowest BCUT2D eigenvalue weighted by Crippen LogP contribution is -2.37. The molecule has 76 valence electrons. The average Bonchev–Trinajstić information content (AvgIpc) is 2.40. The summed E-state index contributed by atoms with van der Waals surface area (Å²) in [6.07, 6.45) is -0.476. The molecule has 1 rings (SSSR count). The van der Waals surface area contributed by atoms with Gasteiger partial charge in [-0.15, -0.1) is 0 Å². The van der Waals surface area contributed by atoms with Crippen LogP contribution < -0.4 is 0 Å². The average molecular weight is 188 g/mol. The quantitative estimate of drug-likeness (QED) is 0.527. The molecule has 5 heteroatoms. The molecule has 0 bridgehead atoms. The summed E-state index contributed by atoms with van der Waals surface area (Å²) >= 11 is 0. The molecule has 0 aromatic heterocycles. The van der Waals surface area contributed by atoms with Crippen LogP contribution in [0.25, 0.3) is 0 Å². The molecule has 0 saturated carbocycles. The minimum Gasteiger partial charge on any atom is -0.394 e. The van der Waals surface area contributed by atoms with Crippen molar-refractivity contribution in [3.05, 3.63) is 0 Å². The second-order valence-electron chi connectivity index (χ2n) is 3.39. The van der Waals surface area contributed by atoms with E-state index in [9.17, 15) is 5.11 Å². The summed E-state index contributed by atoms with van der Waals surface area (Å²) < 4.78 is 10.7. The zero-order valence-electron chi connectivity index (χ0n) is 8.14. The van der Waals surface area contributed by atoms with Gasteiger partial charge in [-0.25, -0.2) is 0 Å². The van der Waals surface area contributed by atoms with Gasteiger partial charge in [0.05, 0.1) is 12.6 Å². The van der Waals surface area contributed by atoms with Crippen molar-refractivity contribution in [2.75, 3.05) is 13.2 Å². The molecule has 0 aliphatic carbocycles. The van der Waals surface area contributed by atoms with E-state index in [1.165, 1.54) is 0 Å². The maximum absolute atomic E-state index is 9.62. The topological polar surface area (TPSA) is 58.9 Å². The summed E-state index contributed by atoms with van der Waals surface area (Å²) in [5.41, 5.74) is 0. The van der Waals surface area contributed by atoms with Crippen LogP contribution >= 0.6 is 0 Å². The molecule has 0 amide bonds. The maximum atomic E-state index is 9.62. The third-order valence-electron chi connectivity index (χ3n) is 2.27. The number of aliphatic hydroxyl groups is 2. The van der Waals surface area contributed by atoms with E-state index in [4.69, 9.17) is 14.6 Å².